The van der Waals surface area contributed by atoms with Crippen molar-refractivity contribution in [2.75, 3.05) is 6.54 Å². The molecule has 1 N–H and O–H groups in total. The van der Waals surface area contributed by atoms with E-state index in [1.54, 1.807) is 4.90 Å². The largest absolute Gasteiger partial charge is 0.342 e. The van der Waals surface area contributed by atoms with E-state index in [1.165, 1.54) is 0 Å². The maximum Gasteiger partial charge on any atom is 0.248 e. The van der Waals surface area contributed by atoms with Gasteiger partial charge in [-0.25, -0.2) is 0 Å². The molecule has 2 unspecified atom stereocenters. The van der Waals surface area contributed by atoms with Crippen molar-refractivity contribution in [3.8, 4) is 0 Å². The number of piperazine rings is 1. The van der Waals surface area contributed by atoms with Gasteiger partial charge in [0, 0.05) is 6.54 Å². The lowest BCUT2D eigenvalue weighted by atomic mass is 9.98. The number of nitrogens with zero attached hydrogens (tertiary/aromatic N) is 1. The van der Waals surface area contributed by atoms with E-state index in [0.717, 1.165) is 5.56 Å². The Labute approximate surface area is 119 Å². The van der Waals surface area contributed by atoms with Crippen LogP contribution in [0.15, 0.2) is 42.5 Å². The van der Waals surface area contributed by atoms with Crippen molar-refractivity contribution < 1.29 is 9.59 Å². The summed E-state index contributed by atoms with van der Waals surface area (Å²) in [5.74, 6) is -0.119. The molecule has 0 bridgehead atoms. The highest BCUT2D eigenvalue weighted by molar-refractivity contribution is 5.97. The third-order valence-electron chi connectivity index (χ3n) is 3.52. The minimum absolute atomic E-state index is 0.0148. The minimum Gasteiger partial charge on any atom is -0.342 e. The second-order valence-electron chi connectivity index (χ2n) is 4.84. The van der Waals surface area contributed by atoms with Crippen LogP contribution in [0.25, 0.3) is 0 Å². The molecule has 0 saturated carbocycles. The average molecular weight is 272 g/mol. The third kappa shape index (κ3) is 2.74. The summed E-state index contributed by atoms with van der Waals surface area (Å²) in [6.45, 7) is 4.27. The normalized spacial score (nSPS) is 23.2. The van der Waals surface area contributed by atoms with Gasteiger partial charge in [0.1, 0.15) is 12.1 Å². The molecular weight excluding hydrogens is 252 g/mol. The SMILES string of the molecule is C/C=C/CN1C(=O)C(CC)NC(=O)C1c1ccccc1. The number of rotatable bonds is 4. The van der Waals surface area contributed by atoms with Crippen molar-refractivity contribution in [1.29, 1.82) is 0 Å². The fraction of sp³-hybridized carbons (Fsp3) is 0.375. The zero-order chi connectivity index (χ0) is 14.5. The van der Waals surface area contributed by atoms with Crippen molar-refractivity contribution in [3.05, 3.63) is 48.0 Å². The molecule has 2 amide bonds. The summed E-state index contributed by atoms with van der Waals surface area (Å²) in [6.07, 6.45) is 4.40. The maximum atomic E-state index is 12.5. The minimum atomic E-state index is -0.539. The second-order valence-corrected chi connectivity index (χ2v) is 4.84. The summed E-state index contributed by atoms with van der Waals surface area (Å²) in [7, 11) is 0. The number of carbonyl (C=O) groups excluding carboxylic acids is 2. The molecule has 4 heteroatoms. The van der Waals surface area contributed by atoms with Gasteiger partial charge in [-0.3, -0.25) is 9.59 Å². The molecule has 1 aromatic carbocycles. The third-order valence-corrected chi connectivity index (χ3v) is 3.52. The molecule has 0 aliphatic carbocycles. The molecule has 2 atom stereocenters. The molecule has 106 valence electrons. The highest BCUT2D eigenvalue weighted by Gasteiger charge is 2.39. The molecular formula is C16H20N2O2. The Morgan fingerprint density at radius 1 is 1.25 bits per heavy atom. The average Bonchev–Trinajstić information content (AvgIpc) is 2.48. The maximum absolute atomic E-state index is 12.5. The van der Waals surface area contributed by atoms with Crippen LogP contribution in [0.2, 0.25) is 0 Å². The zero-order valence-corrected chi connectivity index (χ0v) is 11.9. The molecule has 1 saturated heterocycles. The number of benzene rings is 1. The van der Waals surface area contributed by atoms with Crippen LogP contribution in [0.5, 0.6) is 0 Å². The van der Waals surface area contributed by atoms with Gasteiger partial charge in [0.2, 0.25) is 11.8 Å². The van der Waals surface area contributed by atoms with Gasteiger partial charge >= 0.3 is 0 Å². The van der Waals surface area contributed by atoms with Crippen LogP contribution in [0.1, 0.15) is 31.9 Å². The number of amides is 2. The predicted molar refractivity (Wildman–Crippen MR) is 77.9 cm³/mol. The number of carbonyl (C=O) groups is 2. The molecule has 0 spiro atoms. The summed E-state index contributed by atoms with van der Waals surface area (Å²) >= 11 is 0. The fourth-order valence-electron chi connectivity index (χ4n) is 2.44. The Morgan fingerprint density at radius 3 is 2.55 bits per heavy atom. The van der Waals surface area contributed by atoms with Gasteiger partial charge in [0.05, 0.1) is 0 Å². The van der Waals surface area contributed by atoms with E-state index >= 15 is 0 Å². The van der Waals surface area contributed by atoms with Crippen LogP contribution in [0.3, 0.4) is 0 Å². The van der Waals surface area contributed by atoms with Crippen LogP contribution in [0, 0.1) is 0 Å². The molecule has 4 nitrogen and oxygen atoms in total. The predicted octanol–water partition coefficient (Wildman–Crippen LogP) is 2.04. The van der Waals surface area contributed by atoms with Crippen LogP contribution < -0.4 is 5.32 Å². The van der Waals surface area contributed by atoms with Gasteiger partial charge in [-0.05, 0) is 18.9 Å². The number of nitrogens with one attached hydrogen (secondary N) is 1. The van der Waals surface area contributed by atoms with Gasteiger partial charge < -0.3 is 10.2 Å². The van der Waals surface area contributed by atoms with E-state index in [9.17, 15) is 9.59 Å². The second kappa shape index (κ2) is 6.37. The standard InChI is InChI=1S/C16H20N2O2/c1-3-5-11-18-14(12-9-7-6-8-10-12)15(19)17-13(4-2)16(18)20/h3,5-10,13-14H,4,11H2,1-2H3,(H,17,19)/b5-3+. The fourth-order valence-corrected chi connectivity index (χ4v) is 2.44. The zero-order valence-electron chi connectivity index (χ0n) is 11.9. The van der Waals surface area contributed by atoms with Crippen molar-refractivity contribution in [2.45, 2.75) is 32.4 Å². The molecule has 1 aliphatic heterocycles. The van der Waals surface area contributed by atoms with Crippen LogP contribution in [0.4, 0.5) is 0 Å². The number of hydrogen-bond donors (Lipinski definition) is 1. The Balaban J connectivity index is 2.35. The van der Waals surface area contributed by atoms with Crippen LogP contribution in [-0.4, -0.2) is 29.3 Å². The van der Waals surface area contributed by atoms with Gasteiger partial charge in [0.25, 0.3) is 0 Å². The molecule has 1 heterocycles. The number of allylic oxidation sites excluding steroid dienone is 1. The van der Waals surface area contributed by atoms with Crippen LogP contribution >= 0.6 is 0 Å². The summed E-state index contributed by atoms with van der Waals surface area (Å²) in [5, 5.41) is 2.82. The Bertz CT molecular complexity index is 510. The molecule has 1 aromatic rings. The quantitative estimate of drug-likeness (QED) is 0.853. The molecule has 1 fully saturated rings. The van der Waals surface area contributed by atoms with E-state index in [4.69, 9.17) is 0 Å². The van der Waals surface area contributed by atoms with Crippen molar-refractivity contribution in [1.82, 2.24) is 10.2 Å². The Morgan fingerprint density at radius 2 is 1.95 bits per heavy atom. The molecule has 0 radical (unpaired) electrons. The molecule has 0 aromatic heterocycles. The number of hydrogen-bond acceptors (Lipinski definition) is 2. The van der Waals surface area contributed by atoms with E-state index in [1.807, 2.05) is 56.3 Å². The van der Waals surface area contributed by atoms with E-state index < -0.39 is 12.1 Å². The van der Waals surface area contributed by atoms with Crippen LogP contribution in [-0.2, 0) is 9.59 Å². The lowest BCUT2D eigenvalue weighted by Crippen LogP contribution is -2.59. The monoisotopic (exact) mass is 272 g/mol. The molecule has 2 rings (SSSR count). The summed E-state index contributed by atoms with van der Waals surface area (Å²) < 4.78 is 0. The summed E-state index contributed by atoms with van der Waals surface area (Å²) in [4.78, 5) is 26.5. The lowest BCUT2D eigenvalue weighted by molar-refractivity contribution is -0.149. The van der Waals surface area contributed by atoms with Crippen molar-refractivity contribution >= 4 is 11.8 Å². The summed E-state index contributed by atoms with van der Waals surface area (Å²) in [6, 6.07) is 8.48. The van der Waals surface area contributed by atoms with Gasteiger partial charge in [-0.15, -0.1) is 0 Å². The van der Waals surface area contributed by atoms with Crippen molar-refractivity contribution in [2.24, 2.45) is 0 Å². The van der Waals surface area contributed by atoms with E-state index in [0.29, 0.717) is 13.0 Å². The molecule has 1 aliphatic rings. The summed E-state index contributed by atoms with van der Waals surface area (Å²) in [5.41, 5.74) is 0.845. The molecule has 20 heavy (non-hydrogen) atoms. The van der Waals surface area contributed by atoms with Crippen molar-refractivity contribution in [3.63, 3.8) is 0 Å². The Hall–Kier alpha value is -2.10. The van der Waals surface area contributed by atoms with Gasteiger partial charge in [-0.1, -0.05) is 49.4 Å². The van der Waals surface area contributed by atoms with E-state index in [-0.39, 0.29) is 11.8 Å². The first-order valence-corrected chi connectivity index (χ1v) is 6.96. The first-order valence-electron chi connectivity index (χ1n) is 6.96. The highest BCUT2D eigenvalue weighted by atomic mass is 16.2. The first-order chi connectivity index (χ1) is 9.69. The van der Waals surface area contributed by atoms with Gasteiger partial charge in [-0.2, -0.15) is 0 Å². The first kappa shape index (κ1) is 14.3. The highest BCUT2D eigenvalue weighted by Crippen LogP contribution is 2.26. The smallest absolute Gasteiger partial charge is 0.248 e. The van der Waals surface area contributed by atoms with Gasteiger partial charge in [0.15, 0.2) is 0 Å². The Kier molecular flexibility index (Phi) is 4.56. The topological polar surface area (TPSA) is 49.4 Å². The van der Waals surface area contributed by atoms with E-state index in [2.05, 4.69) is 5.32 Å². The lowest BCUT2D eigenvalue weighted by Gasteiger charge is -2.38.